The number of nitrogens with one attached hydrogen (secondary N) is 2. The van der Waals surface area contributed by atoms with Crippen molar-refractivity contribution in [3.8, 4) is 11.3 Å². The van der Waals surface area contributed by atoms with Crippen LogP contribution >= 0.6 is 35.2 Å². The van der Waals surface area contributed by atoms with Crippen LogP contribution in [0.4, 0.5) is 5.13 Å². The highest BCUT2D eigenvalue weighted by Gasteiger charge is 2.08. The summed E-state index contributed by atoms with van der Waals surface area (Å²) >= 11 is 12.9. The summed E-state index contributed by atoms with van der Waals surface area (Å²) in [6.45, 7) is 3.97. The molecule has 0 spiro atoms. The molecule has 4 rings (SSSR count). The molecule has 31 heavy (non-hydrogen) atoms. The molecule has 0 saturated heterocycles. The van der Waals surface area contributed by atoms with Crippen LogP contribution in [0.5, 0.6) is 0 Å². The van der Waals surface area contributed by atoms with Crippen LogP contribution in [-0.2, 0) is 4.79 Å². The molecule has 0 unspecified atom stereocenters. The lowest BCUT2D eigenvalue weighted by Crippen LogP contribution is -2.32. The number of benzene rings is 2. The number of halogens is 1. The number of fused-ring (bicyclic) bond motifs is 1. The zero-order chi connectivity index (χ0) is 22.0. The molecule has 0 fully saturated rings. The summed E-state index contributed by atoms with van der Waals surface area (Å²) in [4.78, 5) is 16.7. The lowest BCUT2D eigenvalue weighted by Gasteiger charge is -2.04. The Morgan fingerprint density at radius 1 is 1.16 bits per heavy atom. The van der Waals surface area contributed by atoms with E-state index in [0.29, 0.717) is 21.7 Å². The summed E-state index contributed by atoms with van der Waals surface area (Å²) in [6, 6.07) is 15.4. The molecule has 2 heterocycles. The first kappa shape index (κ1) is 21.2. The third-order valence-corrected chi connectivity index (χ3v) is 6.03. The molecule has 2 aromatic heterocycles. The summed E-state index contributed by atoms with van der Waals surface area (Å²) in [5.74, 6) is 0.846. The van der Waals surface area contributed by atoms with Gasteiger partial charge in [0.25, 0.3) is 0 Å². The highest BCUT2D eigenvalue weighted by atomic mass is 35.5. The quantitative estimate of drug-likeness (QED) is 0.270. The average molecular weight is 468 g/mol. The number of nitrogens with zero attached hydrogens (tertiary/aromatic N) is 1. The number of rotatable bonds is 4. The number of hydrogen-bond donors (Lipinski definition) is 2. The fraction of sp³-hybridized carbons (Fsp3) is 0.0870. The second-order valence-corrected chi connectivity index (χ2v) is 8.78. The maximum absolute atomic E-state index is 12.2. The van der Waals surface area contributed by atoms with Gasteiger partial charge in [0.1, 0.15) is 11.5 Å². The van der Waals surface area contributed by atoms with Gasteiger partial charge in [0.05, 0.1) is 10.2 Å². The van der Waals surface area contributed by atoms with Gasteiger partial charge in [-0.25, -0.2) is 4.98 Å². The van der Waals surface area contributed by atoms with E-state index in [4.69, 9.17) is 28.2 Å². The zero-order valence-electron chi connectivity index (χ0n) is 16.7. The van der Waals surface area contributed by atoms with Crippen molar-refractivity contribution in [2.75, 3.05) is 5.32 Å². The first-order chi connectivity index (χ1) is 14.9. The van der Waals surface area contributed by atoms with Crippen LogP contribution in [0.2, 0.25) is 5.02 Å². The van der Waals surface area contributed by atoms with E-state index in [-0.39, 0.29) is 11.0 Å². The van der Waals surface area contributed by atoms with E-state index in [2.05, 4.69) is 21.7 Å². The second-order valence-electron chi connectivity index (χ2n) is 6.93. The normalized spacial score (nSPS) is 11.2. The molecule has 0 aliphatic rings. The molecule has 0 aliphatic carbocycles. The monoisotopic (exact) mass is 467 g/mol. The molecule has 5 nitrogen and oxygen atoms in total. The molecule has 156 valence electrons. The maximum atomic E-state index is 12.2. The van der Waals surface area contributed by atoms with Crippen molar-refractivity contribution in [2.24, 2.45) is 0 Å². The van der Waals surface area contributed by atoms with Crippen molar-refractivity contribution in [3.63, 3.8) is 0 Å². The Bertz CT molecular complexity index is 1320. The van der Waals surface area contributed by atoms with Gasteiger partial charge in [-0.15, -0.1) is 0 Å². The topological polar surface area (TPSA) is 67.2 Å². The third kappa shape index (κ3) is 5.19. The Morgan fingerprint density at radius 3 is 2.81 bits per heavy atom. The largest absolute Gasteiger partial charge is 0.457 e. The van der Waals surface area contributed by atoms with E-state index in [9.17, 15) is 4.79 Å². The Kier molecular flexibility index (Phi) is 6.18. The van der Waals surface area contributed by atoms with E-state index in [1.807, 2.05) is 50.2 Å². The Balaban J connectivity index is 1.36. The lowest BCUT2D eigenvalue weighted by molar-refractivity contribution is -0.115. The van der Waals surface area contributed by atoms with Gasteiger partial charge < -0.3 is 9.73 Å². The molecular formula is C23H18ClN3O2S2. The summed E-state index contributed by atoms with van der Waals surface area (Å²) in [6.07, 6.45) is 2.94. The van der Waals surface area contributed by atoms with E-state index in [1.54, 1.807) is 12.1 Å². The van der Waals surface area contributed by atoms with Crippen LogP contribution in [0.15, 0.2) is 59.0 Å². The molecule has 0 aliphatic heterocycles. The Labute approximate surface area is 193 Å². The fourth-order valence-corrected chi connectivity index (χ4v) is 4.28. The minimum absolute atomic E-state index is 0.180. The van der Waals surface area contributed by atoms with Gasteiger partial charge in [-0.05, 0) is 73.6 Å². The standard InChI is InChI=1S/C23H18ClN3O2S2/c1-13-3-8-18-20(11-13)31-23(25-18)27-22(30)26-21(28)10-7-16-6-9-19(29-16)15-5-4-14(2)17(24)12-15/h3-12H,1-2H3,(H2,25,26,27,28,30)/b10-7+. The first-order valence-electron chi connectivity index (χ1n) is 9.41. The van der Waals surface area contributed by atoms with Crippen molar-refractivity contribution in [1.29, 1.82) is 0 Å². The van der Waals surface area contributed by atoms with Gasteiger partial charge in [-0.2, -0.15) is 0 Å². The highest BCUT2D eigenvalue weighted by molar-refractivity contribution is 7.80. The molecular weight excluding hydrogens is 450 g/mol. The third-order valence-electron chi connectivity index (χ3n) is 4.48. The minimum atomic E-state index is -0.370. The lowest BCUT2D eigenvalue weighted by atomic mass is 10.1. The molecule has 0 radical (unpaired) electrons. The number of thiocarbonyl (C=S) groups is 1. The predicted molar refractivity (Wildman–Crippen MR) is 132 cm³/mol. The molecule has 2 N–H and O–H groups in total. The molecule has 2 aromatic carbocycles. The number of amides is 1. The van der Waals surface area contributed by atoms with Gasteiger partial charge in [0.2, 0.25) is 5.91 Å². The Morgan fingerprint density at radius 2 is 2.00 bits per heavy atom. The molecule has 8 heteroatoms. The SMILES string of the molecule is Cc1ccc2nc(NC(=S)NC(=O)/C=C/c3ccc(-c4ccc(C)c(Cl)c4)o3)sc2c1. The zero-order valence-corrected chi connectivity index (χ0v) is 19.1. The number of thiazole rings is 1. The molecule has 1 amide bonds. The number of aryl methyl sites for hydroxylation is 2. The summed E-state index contributed by atoms with van der Waals surface area (Å²) < 4.78 is 6.83. The number of anilines is 1. The van der Waals surface area contributed by atoms with E-state index < -0.39 is 0 Å². The van der Waals surface area contributed by atoms with Crippen molar-refractivity contribution in [1.82, 2.24) is 10.3 Å². The molecule has 0 atom stereocenters. The van der Waals surface area contributed by atoms with Gasteiger partial charge in [-0.1, -0.05) is 41.1 Å². The number of furan rings is 1. The van der Waals surface area contributed by atoms with Crippen molar-refractivity contribution < 1.29 is 9.21 Å². The van der Waals surface area contributed by atoms with E-state index >= 15 is 0 Å². The van der Waals surface area contributed by atoms with Crippen LogP contribution < -0.4 is 10.6 Å². The predicted octanol–water partition coefficient (Wildman–Crippen LogP) is 6.35. The minimum Gasteiger partial charge on any atom is -0.457 e. The number of carbonyl (C=O) groups is 1. The van der Waals surface area contributed by atoms with Crippen LogP contribution in [0.1, 0.15) is 16.9 Å². The number of aromatic nitrogens is 1. The van der Waals surface area contributed by atoms with Gasteiger partial charge in [0.15, 0.2) is 10.2 Å². The Hall–Kier alpha value is -3.00. The number of hydrogen-bond acceptors (Lipinski definition) is 5. The highest BCUT2D eigenvalue weighted by Crippen LogP contribution is 2.28. The fourth-order valence-electron chi connectivity index (χ4n) is 2.87. The van der Waals surface area contributed by atoms with Crippen molar-refractivity contribution >= 4 is 67.6 Å². The van der Waals surface area contributed by atoms with E-state index in [1.165, 1.54) is 17.4 Å². The van der Waals surface area contributed by atoms with Crippen LogP contribution in [0.25, 0.3) is 27.6 Å². The summed E-state index contributed by atoms with van der Waals surface area (Å²) in [5.41, 5.74) is 3.92. The summed E-state index contributed by atoms with van der Waals surface area (Å²) in [7, 11) is 0. The van der Waals surface area contributed by atoms with Crippen LogP contribution in [-0.4, -0.2) is 16.0 Å². The molecule has 0 saturated carbocycles. The maximum Gasteiger partial charge on any atom is 0.250 e. The first-order valence-corrected chi connectivity index (χ1v) is 11.0. The average Bonchev–Trinajstić information content (AvgIpc) is 3.34. The van der Waals surface area contributed by atoms with Gasteiger partial charge >= 0.3 is 0 Å². The smallest absolute Gasteiger partial charge is 0.250 e. The van der Waals surface area contributed by atoms with Crippen molar-refractivity contribution in [2.45, 2.75) is 13.8 Å². The summed E-state index contributed by atoms with van der Waals surface area (Å²) in [5, 5.41) is 7.04. The van der Waals surface area contributed by atoms with E-state index in [0.717, 1.165) is 26.9 Å². The van der Waals surface area contributed by atoms with Crippen molar-refractivity contribution in [3.05, 3.63) is 76.5 Å². The number of carbonyl (C=O) groups excluding carboxylic acids is 1. The van der Waals surface area contributed by atoms with Gasteiger partial charge in [0, 0.05) is 16.7 Å². The second kappa shape index (κ2) is 9.01. The van der Waals surface area contributed by atoms with Crippen LogP contribution in [0.3, 0.4) is 0 Å². The van der Waals surface area contributed by atoms with Gasteiger partial charge in [-0.3, -0.25) is 10.1 Å². The molecule has 4 aromatic rings. The molecule has 0 bridgehead atoms. The van der Waals surface area contributed by atoms with Crippen LogP contribution in [0, 0.1) is 13.8 Å².